The normalized spacial score (nSPS) is 10.7. The molecule has 0 amide bonds. The number of carbonyl (C=O) groups excluding carboxylic acids is 1. The fraction of sp³-hybridized carbons (Fsp3) is 0.400. The van der Waals surface area contributed by atoms with Gasteiger partial charge in [0.1, 0.15) is 6.61 Å². The van der Waals surface area contributed by atoms with Crippen LogP contribution in [0.1, 0.15) is 25.3 Å². The Labute approximate surface area is 108 Å². The monoisotopic (exact) mass is 248 g/mol. The van der Waals surface area contributed by atoms with E-state index in [4.69, 9.17) is 9.47 Å². The second-order valence-electron chi connectivity index (χ2n) is 3.90. The van der Waals surface area contributed by atoms with Crippen molar-refractivity contribution in [3.05, 3.63) is 42.0 Å². The van der Waals surface area contributed by atoms with Crippen LogP contribution in [-0.4, -0.2) is 25.8 Å². The first-order chi connectivity index (χ1) is 8.83. The summed E-state index contributed by atoms with van der Waals surface area (Å²) in [7, 11) is 0. The smallest absolute Gasteiger partial charge is 0.332 e. The number of hydrogen-bond donors (Lipinski definition) is 0. The van der Waals surface area contributed by atoms with E-state index in [2.05, 4.69) is 6.92 Å². The lowest BCUT2D eigenvalue weighted by Crippen LogP contribution is -2.13. The van der Waals surface area contributed by atoms with Crippen LogP contribution in [0.4, 0.5) is 0 Å². The highest BCUT2D eigenvalue weighted by molar-refractivity contribution is 5.70. The van der Waals surface area contributed by atoms with Crippen molar-refractivity contribution in [1.29, 1.82) is 0 Å². The Morgan fingerprint density at radius 3 is 2.78 bits per heavy atom. The maximum atomic E-state index is 11.2. The zero-order chi connectivity index (χ0) is 13.1. The molecule has 0 N–H and O–H groups in total. The molecule has 3 heteroatoms. The molecular formula is C15H20O3. The molecule has 1 aromatic rings. The van der Waals surface area contributed by atoms with Crippen LogP contribution in [0.5, 0.6) is 0 Å². The zero-order valence-corrected chi connectivity index (χ0v) is 10.8. The number of carbonyl (C=O) groups is 1. The molecule has 0 heterocycles. The molecule has 0 fully saturated rings. The average Bonchev–Trinajstić information content (AvgIpc) is 2.40. The van der Waals surface area contributed by atoms with Gasteiger partial charge in [0.2, 0.25) is 0 Å². The standard InChI is InChI=1S/C15H20O3/c1-2-3-12-18-15(16)13-17-11-7-10-14-8-5-4-6-9-14/h4-10H,2-3,11-13H2,1H3/b10-7+. The Bertz CT molecular complexity index is 357. The molecule has 18 heavy (non-hydrogen) atoms. The van der Waals surface area contributed by atoms with E-state index in [1.807, 2.05) is 42.5 Å². The maximum Gasteiger partial charge on any atom is 0.332 e. The highest BCUT2D eigenvalue weighted by atomic mass is 16.6. The Kier molecular flexibility index (Phi) is 7.57. The molecule has 98 valence electrons. The molecule has 0 aliphatic rings. The first-order valence-electron chi connectivity index (χ1n) is 6.28. The van der Waals surface area contributed by atoms with Gasteiger partial charge >= 0.3 is 5.97 Å². The molecule has 0 atom stereocenters. The number of ether oxygens (including phenoxy) is 2. The maximum absolute atomic E-state index is 11.2. The van der Waals surface area contributed by atoms with Crippen molar-refractivity contribution in [3.63, 3.8) is 0 Å². The van der Waals surface area contributed by atoms with Crippen LogP contribution >= 0.6 is 0 Å². The quantitative estimate of drug-likeness (QED) is 0.524. The Balaban J connectivity index is 2.08. The topological polar surface area (TPSA) is 35.5 Å². The van der Waals surface area contributed by atoms with Gasteiger partial charge in [-0.05, 0) is 12.0 Å². The Morgan fingerprint density at radius 2 is 2.06 bits per heavy atom. The zero-order valence-electron chi connectivity index (χ0n) is 10.8. The van der Waals surface area contributed by atoms with Crippen molar-refractivity contribution in [2.45, 2.75) is 19.8 Å². The second-order valence-corrected chi connectivity index (χ2v) is 3.90. The number of rotatable bonds is 8. The van der Waals surface area contributed by atoms with Gasteiger partial charge in [0.25, 0.3) is 0 Å². The number of benzene rings is 1. The minimum Gasteiger partial charge on any atom is -0.464 e. The summed E-state index contributed by atoms with van der Waals surface area (Å²) in [6.07, 6.45) is 5.77. The Hall–Kier alpha value is -1.61. The van der Waals surface area contributed by atoms with Crippen LogP contribution in [-0.2, 0) is 14.3 Å². The third-order valence-corrected chi connectivity index (χ3v) is 2.30. The summed E-state index contributed by atoms with van der Waals surface area (Å²) in [6, 6.07) is 9.95. The van der Waals surface area contributed by atoms with E-state index in [1.54, 1.807) is 0 Å². The summed E-state index contributed by atoms with van der Waals surface area (Å²) < 4.78 is 10.1. The summed E-state index contributed by atoms with van der Waals surface area (Å²) >= 11 is 0. The SMILES string of the molecule is CCCCOC(=O)COC/C=C/c1ccccc1. The van der Waals surface area contributed by atoms with E-state index in [1.165, 1.54) is 0 Å². The molecule has 3 nitrogen and oxygen atoms in total. The predicted octanol–water partition coefficient (Wildman–Crippen LogP) is 3.06. The van der Waals surface area contributed by atoms with E-state index < -0.39 is 0 Å². The largest absolute Gasteiger partial charge is 0.464 e. The third kappa shape index (κ3) is 6.86. The molecule has 1 rings (SSSR count). The third-order valence-electron chi connectivity index (χ3n) is 2.30. The van der Waals surface area contributed by atoms with Crippen molar-refractivity contribution in [1.82, 2.24) is 0 Å². The first-order valence-corrected chi connectivity index (χ1v) is 6.28. The molecule has 0 spiro atoms. The Morgan fingerprint density at radius 1 is 1.28 bits per heavy atom. The van der Waals surface area contributed by atoms with E-state index in [-0.39, 0.29) is 12.6 Å². The van der Waals surface area contributed by atoms with E-state index in [9.17, 15) is 4.79 Å². The van der Waals surface area contributed by atoms with Crippen molar-refractivity contribution < 1.29 is 14.3 Å². The summed E-state index contributed by atoms with van der Waals surface area (Å²) in [5.74, 6) is -0.295. The van der Waals surface area contributed by atoms with Crippen molar-refractivity contribution in [2.24, 2.45) is 0 Å². The van der Waals surface area contributed by atoms with Gasteiger partial charge in [-0.25, -0.2) is 4.79 Å². The van der Waals surface area contributed by atoms with Gasteiger partial charge in [-0.3, -0.25) is 0 Å². The molecule has 0 saturated heterocycles. The predicted molar refractivity (Wildman–Crippen MR) is 72.2 cm³/mol. The van der Waals surface area contributed by atoms with Gasteiger partial charge in [-0.1, -0.05) is 55.8 Å². The van der Waals surface area contributed by atoms with Crippen LogP contribution in [0.3, 0.4) is 0 Å². The average molecular weight is 248 g/mol. The summed E-state index contributed by atoms with van der Waals surface area (Å²) in [5, 5.41) is 0. The van der Waals surface area contributed by atoms with Crippen molar-refractivity contribution >= 4 is 12.0 Å². The van der Waals surface area contributed by atoms with Gasteiger partial charge < -0.3 is 9.47 Å². The number of hydrogen-bond acceptors (Lipinski definition) is 3. The lowest BCUT2D eigenvalue weighted by molar-refractivity contribution is -0.148. The molecule has 0 aliphatic carbocycles. The molecular weight excluding hydrogens is 228 g/mol. The molecule has 0 aliphatic heterocycles. The number of esters is 1. The van der Waals surface area contributed by atoms with Crippen LogP contribution in [0.2, 0.25) is 0 Å². The van der Waals surface area contributed by atoms with Crippen LogP contribution < -0.4 is 0 Å². The summed E-state index contributed by atoms with van der Waals surface area (Å²) in [6.45, 7) is 2.97. The van der Waals surface area contributed by atoms with E-state index in [0.717, 1.165) is 18.4 Å². The molecule has 1 aromatic carbocycles. The second kappa shape index (κ2) is 9.42. The van der Waals surface area contributed by atoms with Crippen LogP contribution in [0.25, 0.3) is 6.08 Å². The van der Waals surface area contributed by atoms with Gasteiger partial charge in [0.15, 0.2) is 0 Å². The highest BCUT2D eigenvalue weighted by Crippen LogP contribution is 2.00. The van der Waals surface area contributed by atoms with Gasteiger partial charge in [-0.2, -0.15) is 0 Å². The van der Waals surface area contributed by atoms with Gasteiger partial charge in [-0.15, -0.1) is 0 Å². The van der Waals surface area contributed by atoms with Gasteiger partial charge in [0.05, 0.1) is 13.2 Å². The molecule has 0 unspecified atom stereocenters. The molecule has 0 saturated carbocycles. The summed E-state index contributed by atoms with van der Waals surface area (Å²) in [4.78, 5) is 11.2. The molecule has 0 bridgehead atoms. The number of unbranched alkanes of at least 4 members (excludes halogenated alkanes) is 1. The van der Waals surface area contributed by atoms with Crippen molar-refractivity contribution in [2.75, 3.05) is 19.8 Å². The van der Waals surface area contributed by atoms with Crippen molar-refractivity contribution in [3.8, 4) is 0 Å². The minimum atomic E-state index is -0.295. The first kappa shape index (κ1) is 14.5. The molecule has 0 radical (unpaired) electrons. The van der Waals surface area contributed by atoms with E-state index in [0.29, 0.717) is 13.2 Å². The minimum absolute atomic E-state index is 0.0167. The van der Waals surface area contributed by atoms with E-state index >= 15 is 0 Å². The summed E-state index contributed by atoms with van der Waals surface area (Å²) in [5.41, 5.74) is 1.12. The molecule has 0 aromatic heterocycles. The van der Waals surface area contributed by atoms with Crippen LogP contribution in [0.15, 0.2) is 36.4 Å². The highest BCUT2D eigenvalue weighted by Gasteiger charge is 2.00. The fourth-order valence-electron chi connectivity index (χ4n) is 1.33. The lowest BCUT2D eigenvalue weighted by Gasteiger charge is -2.03. The van der Waals surface area contributed by atoms with Crippen LogP contribution in [0, 0.1) is 0 Å². The lowest BCUT2D eigenvalue weighted by atomic mass is 10.2. The fourth-order valence-corrected chi connectivity index (χ4v) is 1.33. The van der Waals surface area contributed by atoms with Gasteiger partial charge in [0, 0.05) is 0 Å².